The highest BCUT2D eigenvalue weighted by atomic mass is 16.5. The Kier molecular flexibility index (Phi) is 10.3. The SMILES string of the molecule is C=CC(C)C(=C)CC(C)(C)C.C=NC(=C)C(C)OC. The van der Waals surface area contributed by atoms with E-state index >= 15 is 0 Å². The summed E-state index contributed by atoms with van der Waals surface area (Å²) >= 11 is 0. The Labute approximate surface area is 120 Å². The molecule has 0 aliphatic carbocycles. The van der Waals surface area contributed by atoms with E-state index in [-0.39, 0.29) is 6.10 Å². The molecular weight excluding hydrogens is 234 g/mol. The molecule has 0 fully saturated rings. The molecule has 2 heteroatoms. The van der Waals surface area contributed by atoms with E-state index in [1.807, 2.05) is 13.0 Å². The molecular formula is C17H31NO. The van der Waals surface area contributed by atoms with Crippen LogP contribution < -0.4 is 0 Å². The van der Waals surface area contributed by atoms with E-state index in [1.54, 1.807) is 7.11 Å². The molecule has 110 valence electrons. The largest absolute Gasteiger partial charge is 0.375 e. The van der Waals surface area contributed by atoms with Crippen LogP contribution in [0.1, 0.15) is 41.0 Å². The Morgan fingerprint density at radius 1 is 1.26 bits per heavy atom. The average Bonchev–Trinajstić information content (AvgIpc) is 2.34. The minimum absolute atomic E-state index is 0.00694. The Morgan fingerprint density at radius 2 is 1.74 bits per heavy atom. The summed E-state index contributed by atoms with van der Waals surface area (Å²) in [7, 11) is 1.61. The summed E-state index contributed by atoms with van der Waals surface area (Å²) in [5.41, 5.74) is 2.31. The summed E-state index contributed by atoms with van der Waals surface area (Å²) in [6.07, 6.45) is 3.03. The first kappa shape index (κ1) is 20.2. The number of rotatable bonds is 6. The van der Waals surface area contributed by atoms with E-state index in [4.69, 9.17) is 4.74 Å². The molecule has 0 rings (SSSR count). The molecule has 19 heavy (non-hydrogen) atoms. The van der Waals surface area contributed by atoms with Crippen molar-refractivity contribution in [3.63, 3.8) is 0 Å². The number of allylic oxidation sites excluding steroid dienone is 2. The lowest BCUT2D eigenvalue weighted by Gasteiger charge is -2.21. The summed E-state index contributed by atoms with van der Waals surface area (Å²) in [6.45, 7) is 25.4. The molecule has 0 aliphatic heterocycles. The summed E-state index contributed by atoms with van der Waals surface area (Å²) < 4.78 is 4.87. The minimum atomic E-state index is -0.00694. The number of methoxy groups -OCH3 is 1. The molecule has 0 saturated heterocycles. The molecule has 0 heterocycles. The Morgan fingerprint density at radius 3 is 1.95 bits per heavy atom. The van der Waals surface area contributed by atoms with Crippen molar-refractivity contribution in [3.8, 4) is 0 Å². The highest BCUT2D eigenvalue weighted by molar-refractivity contribution is 5.28. The van der Waals surface area contributed by atoms with Crippen molar-refractivity contribution in [1.29, 1.82) is 0 Å². The normalized spacial score (nSPS) is 13.6. The van der Waals surface area contributed by atoms with Gasteiger partial charge in [-0.15, -0.1) is 6.58 Å². The van der Waals surface area contributed by atoms with Crippen molar-refractivity contribution < 1.29 is 4.74 Å². The molecule has 0 aromatic heterocycles. The van der Waals surface area contributed by atoms with Gasteiger partial charge in [0, 0.05) is 7.11 Å². The quantitative estimate of drug-likeness (QED) is 0.487. The van der Waals surface area contributed by atoms with Crippen LogP contribution in [0.4, 0.5) is 0 Å². The maximum Gasteiger partial charge on any atom is 0.0956 e. The predicted octanol–water partition coefficient (Wildman–Crippen LogP) is 5.04. The second-order valence-electron chi connectivity index (χ2n) is 5.95. The van der Waals surface area contributed by atoms with Gasteiger partial charge in [-0.3, -0.25) is 4.99 Å². The van der Waals surface area contributed by atoms with Gasteiger partial charge in [0.25, 0.3) is 0 Å². The zero-order valence-electron chi connectivity index (χ0n) is 13.6. The van der Waals surface area contributed by atoms with Gasteiger partial charge in [-0.1, -0.05) is 52.5 Å². The van der Waals surface area contributed by atoms with E-state index < -0.39 is 0 Å². The number of ether oxygens (including phenoxy) is 1. The molecule has 2 nitrogen and oxygen atoms in total. The number of aliphatic imine (C=N–C) groups is 1. The lowest BCUT2D eigenvalue weighted by atomic mass is 9.84. The lowest BCUT2D eigenvalue weighted by Crippen LogP contribution is -2.08. The molecule has 0 spiro atoms. The fourth-order valence-corrected chi connectivity index (χ4v) is 1.27. The third-order valence-corrected chi connectivity index (χ3v) is 2.78. The summed E-state index contributed by atoms with van der Waals surface area (Å²) in [4.78, 5) is 3.59. The molecule has 0 bridgehead atoms. The van der Waals surface area contributed by atoms with Crippen molar-refractivity contribution in [1.82, 2.24) is 0 Å². The Bertz CT molecular complexity index is 310. The van der Waals surface area contributed by atoms with Crippen LogP contribution in [-0.4, -0.2) is 19.9 Å². The van der Waals surface area contributed by atoms with Crippen LogP contribution in [0.15, 0.2) is 42.1 Å². The zero-order chi connectivity index (χ0) is 15.6. The van der Waals surface area contributed by atoms with E-state index in [1.165, 1.54) is 5.57 Å². The Hall–Kier alpha value is -1.15. The first-order valence-electron chi connectivity index (χ1n) is 6.57. The highest BCUT2D eigenvalue weighted by Crippen LogP contribution is 2.27. The lowest BCUT2D eigenvalue weighted by molar-refractivity contribution is 0.146. The van der Waals surface area contributed by atoms with Gasteiger partial charge in [-0.25, -0.2) is 0 Å². The smallest absolute Gasteiger partial charge is 0.0956 e. The fraction of sp³-hybridized carbons (Fsp3) is 0.588. The molecule has 0 aromatic rings. The van der Waals surface area contributed by atoms with Crippen LogP contribution in [0.3, 0.4) is 0 Å². The van der Waals surface area contributed by atoms with Crippen LogP contribution in [0.2, 0.25) is 0 Å². The second kappa shape index (κ2) is 9.74. The van der Waals surface area contributed by atoms with Gasteiger partial charge in [-0.05, 0) is 31.4 Å². The first-order valence-corrected chi connectivity index (χ1v) is 6.57. The zero-order valence-corrected chi connectivity index (χ0v) is 13.6. The van der Waals surface area contributed by atoms with Crippen LogP contribution >= 0.6 is 0 Å². The van der Waals surface area contributed by atoms with E-state index in [0.29, 0.717) is 17.0 Å². The third kappa shape index (κ3) is 11.7. The van der Waals surface area contributed by atoms with Crippen LogP contribution in [0.5, 0.6) is 0 Å². The van der Waals surface area contributed by atoms with Gasteiger partial charge >= 0.3 is 0 Å². The summed E-state index contributed by atoms with van der Waals surface area (Å²) in [5.74, 6) is 0.453. The Balaban J connectivity index is 0. The maximum absolute atomic E-state index is 4.87. The van der Waals surface area contributed by atoms with Crippen molar-refractivity contribution in [2.45, 2.75) is 47.1 Å². The number of nitrogens with zero attached hydrogens (tertiary/aromatic N) is 1. The van der Waals surface area contributed by atoms with Gasteiger partial charge in [0.15, 0.2) is 0 Å². The van der Waals surface area contributed by atoms with E-state index in [0.717, 1.165) is 6.42 Å². The van der Waals surface area contributed by atoms with Gasteiger partial charge < -0.3 is 4.74 Å². The van der Waals surface area contributed by atoms with Gasteiger partial charge in [0.1, 0.15) is 0 Å². The fourth-order valence-electron chi connectivity index (χ4n) is 1.27. The monoisotopic (exact) mass is 265 g/mol. The summed E-state index contributed by atoms with van der Waals surface area (Å²) in [5, 5.41) is 0. The molecule has 0 amide bonds. The van der Waals surface area contributed by atoms with Crippen LogP contribution in [0, 0.1) is 11.3 Å². The number of hydrogen-bond donors (Lipinski definition) is 0. The molecule has 0 aliphatic rings. The average molecular weight is 265 g/mol. The van der Waals surface area contributed by atoms with Crippen molar-refractivity contribution in [2.24, 2.45) is 16.3 Å². The molecule has 0 aromatic carbocycles. The highest BCUT2D eigenvalue weighted by Gasteiger charge is 2.13. The maximum atomic E-state index is 4.87. The molecule has 0 radical (unpaired) electrons. The van der Waals surface area contributed by atoms with Crippen molar-refractivity contribution in [3.05, 3.63) is 37.1 Å². The molecule has 2 unspecified atom stereocenters. The van der Waals surface area contributed by atoms with Crippen LogP contribution in [-0.2, 0) is 4.74 Å². The van der Waals surface area contributed by atoms with Crippen LogP contribution in [0.25, 0.3) is 0 Å². The third-order valence-electron chi connectivity index (χ3n) is 2.78. The number of hydrogen-bond acceptors (Lipinski definition) is 2. The molecule has 0 saturated carbocycles. The predicted molar refractivity (Wildman–Crippen MR) is 87.7 cm³/mol. The molecule has 2 atom stereocenters. The molecule has 0 N–H and O–H groups in total. The first-order chi connectivity index (χ1) is 8.58. The van der Waals surface area contributed by atoms with Gasteiger partial charge in [0.2, 0.25) is 0 Å². The second-order valence-corrected chi connectivity index (χ2v) is 5.95. The van der Waals surface area contributed by atoms with E-state index in [2.05, 4.69) is 59.1 Å². The van der Waals surface area contributed by atoms with Crippen molar-refractivity contribution >= 4 is 6.72 Å². The minimum Gasteiger partial charge on any atom is -0.375 e. The van der Waals surface area contributed by atoms with Gasteiger partial charge in [-0.2, -0.15) is 0 Å². The topological polar surface area (TPSA) is 21.6 Å². The van der Waals surface area contributed by atoms with E-state index in [9.17, 15) is 0 Å². The van der Waals surface area contributed by atoms with Crippen molar-refractivity contribution in [2.75, 3.05) is 7.11 Å². The van der Waals surface area contributed by atoms with Gasteiger partial charge in [0.05, 0.1) is 11.8 Å². The summed E-state index contributed by atoms with van der Waals surface area (Å²) in [6, 6.07) is 0. The standard InChI is InChI=1S/C11H20.C6H11NO/c1-7-9(2)10(3)8-11(4,5)6;1-5(7-3)6(2)8-4/h7,9H,1,3,8H2,2,4-6H3;6H,1,3H2,2,4H3.